The fourth-order valence-electron chi connectivity index (χ4n) is 2.32. The van der Waals surface area contributed by atoms with Gasteiger partial charge in [-0.15, -0.1) is 0 Å². The summed E-state index contributed by atoms with van der Waals surface area (Å²) in [5, 5.41) is 3.37. The average Bonchev–Trinajstić information content (AvgIpc) is 2.83. The Balaban J connectivity index is 1.92. The minimum absolute atomic E-state index is 0.355. The molecule has 3 nitrogen and oxygen atoms in total. The molecule has 1 aliphatic carbocycles. The summed E-state index contributed by atoms with van der Waals surface area (Å²) in [5.41, 5.74) is 1.21. The average molecular weight is 234 g/mol. The van der Waals surface area contributed by atoms with E-state index in [1.165, 1.54) is 31.2 Å². The quantitative estimate of drug-likeness (QED) is 0.850. The molecule has 0 aliphatic heterocycles. The first-order valence-corrected chi connectivity index (χ1v) is 6.65. The highest BCUT2D eigenvalue weighted by Gasteiger charge is 2.16. The van der Waals surface area contributed by atoms with E-state index in [0.29, 0.717) is 12.1 Å². The van der Waals surface area contributed by atoms with E-state index >= 15 is 0 Å². The molecule has 1 heterocycles. The van der Waals surface area contributed by atoms with E-state index in [1.807, 2.05) is 12.3 Å². The van der Waals surface area contributed by atoms with Crippen LogP contribution in [0.2, 0.25) is 0 Å². The topological polar surface area (TPSA) is 34.1 Å². The van der Waals surface area contributed by atoms with Crippen molar-refractivity contribution in [3.63, 3.8) is 0 Å². The Bertz CT molecular complexity index is 331. The van der Waals surface area contributed by atoms with Crippen molar-refractivity contribution < 1.29 is 4.74 Å². The second-order valence-electron chi connectivity index (χ2n) is 4.73. The second-order valence-corrected chi connectivity index (χ2v) is 4.73. The Morgan fingerprint density at radius 2 is 2.18 bits per heavy atom. The summed E-state index contributed by atoms with van der Waals surface area (Å²) < 4.78 is 5.84. The molecule has 1 fully saturated rings. The normalized spacial score (nSPS) is 18.2. The molecule has 2 rings (SSSR count). The molecule has 0 bridgehead atoms. The summed E-state index contributed by atoms with van der Waals surface area (Å²) in [5.74, 6) is 0.768. The Morgan fingerprint density at radius 3 is 2.76 bits per heavy atom. The van der Waals surface area contributed by atoms with E-state index in [2.05, 4.69) is 30.2 Å². The number of nitrogens with zero attached hydrogens (tertiary/aromatic N) is 1. The Hall–Kier alpha value is -1.09. The molecule has 0 saturated heterocycles. The molecule has 0 radical (unpaired) electrons. The number of ether oxygens (including phenoxy) is 1. The van der Waals surface area contributed by atoms with Crippen molar-refractivity contribution in [2.45, 2.75) is 51.7 Å². The number of hydrogen-bond donors (Lipinski definition) is 1. The van der Waals surface area contributed by atoms with Crippen LogP contribution >= 0.6 is 0 Å². The van der Waals surface area contributed by atoms with Gasteiger partial charge in [0.25, 0.3) is 0 Å². The lowest BCUT2D eigenvalue weighted by molar-refractivity contribution is 0.201. The molecule has 1 aromatic heterocycles. The SMILES string of the molecule is CCNC(C)c1ccc(OC2CCCC2)nc1. The zero-order valence-corrected chi connectivity index (χ0v) is 10.8. The van der Waals surface area contributed by atoms with Crippen molar-refractivity contribution in [1.29, 1.82) is 0 Å². The van der Waals surface area contributed by atoms with Crippen LogP contribution in [0.4, 0.5) is 0 Å². The number of hydrogen-bond acceptors (Lipinski definition) is 3. The third kappa shape index (κ3) is 3.43. The Morgan fingerprint density at radius 1 is 1.41 bits per heavy atom. The van der Waals surface area contributed by atoms with E-state index in [4.69, 9.17) is 4.74 Å². The molecule has 0 aromatic carbocycles. The standard InChI is InChI=1S/C14H22N2O/c1-3-15-11(2)12-8-9-14(16-10-12)17-13-6-4-5-7-13/h8-11,13,15H,3-7H2,1-2H3. The largest absolute Gasteiger partial charge is 0.474 e. The van der Waals surface area contributed by atoms with Crippen molar-refractivity contribution in [2.75, 3.05) is 6.54 Å². The Kier molecular flexibility index (Phi) is 4.37. The lowest BCUT2D eigenvalue weighted by Gasteiger charge is -2.14. The zero-order chi connectivity index (χ0) is 12.1. The first kappa shape index (κ1) is 12.4. The third-order valence-electron chi connectivity index (χ3n) is 3.36. The van der Waals surface area contributed by atoms with Crippen LogP contribution in [0, 0.1) is 0 Å². The van der Waals surface area contributed by atoms with E-state index in [1.54, 1.807) is 0 Å². The number of pyridine rings is 1. The molecule has 1 unspecified atom stereocenters. The van der Waals surface area contributed by atoms with Crippen LogP contribution in [0.1, 0.15) is 51.1 Å². The van der Waals surface area contributed by atoms with E-state index in [0.717, 1.165) is 12.4 Å². The van der Waals surface area contributed by atoms with E-state index in [-0.39, 0.29) is 0 Å². The first-order chi connectivity index (χ1) is 8.29. The summed E-state index contributed by atoms with van der Waals surface area (Å²) in [6.07, 6.45) is 7.24. The number of rotatable bonds is 5. The highest BCUT2D eigenvalue weighted by Crippen LogP contribution is 2.23. The van der Waals surface area contributed by atoms with Crippen LogP contribution in [-0.2, 0) is 0 Å². The van der Waals surface area contributed by atoms with Gasteiger partial charge in [-0.1, -0.05) is 13.0 Å². The molecule has 3 heteroatoms. The summed E-state index contributed by atoms with van der Waals surface area (Å²) in [7, 11) is 0. The molecule has 94 valence electrons. The number of nitrogens with one attached hydrogen (secondary N) is 1. The Labute approximate surface area is 104 Å². The monoisotopic (exact) mass is 234 g/mol. The molecule has 1 saturated carbocycles. The van der Waals surface area contributed by atoms with Crippen LogP contribution in [0.25, 0.3) is 0 Å². The summed E-state index contributed by atoms with van der Waals surface area (Å²) in [6.45, 7) is 5.24. The second kappa shape index (κ2) is 6.01. The van der Waals surface area contributed by atoms with Gasteiger partial charge in [0.2, 0.25) is 5.88 Å². The van der Waals surface area contributed by atoms with Gasteiger partial charge in [0.1, 0.15) is 6.10 Å². The minimum Gasteiger partial charge on any atom is -0.474 e. The zero-order valence-electron chi connectivity index (χ0n) is 10.8. The number of aromatic nitrogens is 1. The molecule has 1 aliphatic rings. The fourth-order valence-corrected chi connectivity index (χ4v) is 2.32. The molecule has 0 spiro atoms. The summed E-state index contributed by atoms with van der Waals surface area (Å²) >= 11 is 0. The maximum absolute atomic E-state index is 5.84. The molecule has 1 aromatic rings. The maximum Gasteiger partial charge on any atom is 0.213 e. The van der Waals surface area contributed by atoms with Gasteiger partial charge >= 0.3 is 0 Å². The molecule has 1 N–H and O–H groups in total. The van der Waals surface area contributed by atoms with Crippen molar-refractivity contribution in [3.05, 3.63) is 23.9 Å². The van der Waals surface area contributed by atoms with Gasteiger partial charge in [-0.05, 0) is 44.7 Å². The van der Waals surface area contributed by atoms with Gasteiger partial charge in [0.15, 0.2) is 0 Å². The molecule has 1 atom stereocenters. The van der Waals surface area contributed by atoms with Crippen molar-refractivity contribution in [1.82, 2.24) is 10.3 Å². The lowest BCUT2D eigenvalue weighted by atomic mass is 10.1. The molecule has 0 amide bonds. The maximum atomic E-state index is 5.84. The van der Waals surface area contributed by atoms with Gasteiger partial charge in [0.05, 0.1) is 0 Å². The van der Waals surface area contributed by atoms with Crippen molar-refractivity contribution in [2.24, 2.45) is 0 Å². The van der Waals surface area contributed by atoms with E-state index in [9.17, 15) is 0 Å². The van der Waals surface area contributed by atoms with Crippen LogP contribution in [-0.4, -0.2) is 17.6 Å². The van der Waals surface area contributed by atoms with Crippen molar-refractivity contribution in [3.8, 4) is 5.88 Å². The van der Waals surface area contributed by atoms with Crippen LogP contribution in [0.5, 0.6) is 5.88 Å². The lowest BCUT2D eigenvalue weighted by Crippen LogP contribution is -2.18. The molecular weight excluding hydrogens is 212 g/mol. The fraction of sp³-hybridized carbons (Fsp3) is 0.643. The van der Waals surface area contributed by atoms with Gasteiger partial charge in [-0.25, -0.2) is 4.98 Å². The van der Waals surface area contributed by atoms with Gasteiger partial charge in [-0.3, -0.25) is 0 Å². The highest BCUT2D eigenvalue weighted by molar-refractivity contribution is 5.20. The molecular formula is C14H22N2O. The summed E-state index contributed by atoms with van der Waals surface area (Å²) in [6, 6.07) is 4.44. The van der Waals surface area contributed by atoms with Crippen LogP contribution in [0.15, 0.2) is 18.3 Å². The van der Waals surface area contributed by atoms with Gasteiger partial charge < -0.3 is 10.1 Å². The highest BCUT2D eigenvalue weighted by atomic mass is 16.5. The van der Waals surface area contributed by atoms with Crippen molar-refractivity contribution >= 4 is 0 Å². The predicted molar refractivity (Wildman–Crippen MR) is 69.2 cm³/mol. The predicted octanol–water partition coefficient (Wildman–Crippen LogP) is 3.07. The third-order valence-corrected chi connectivity index (χ3v) is 3.36. The van der Waals surface area contributed by atoms with Gasteiger partial charge in [0, 0.05) is 18.3 Å². The van der Waals surface area contributed by atoms with Crippen LogP contribution in [0.3, 0.4) is 0 Å². The van der Waals surface area contributed by atoms with Gasteiger partial charge in [-0.2, -0.15) is 0 Å². The van der Waals surface area contributed by atoms with E-state index < -0.39 is 0 Å². The smallest absolute Gasteiger partial charge is 0.213 e. The first-order valence-electron chi connectivity index (χ1n) is 6.65. The molecule has 17 heavy (non-hydrogen) atoms. The van der Waals surface area contributed by atoms with Crippen LogP contribution < -0.4 is 10.1 Å². The summed E-state index contributed by atoms with van der Waals surface area (Å²) in [4.78, 5) is 4.38. The minimum atomic E-state index is 0.355.